The molecule has 0 spiro atoms. The van der Waals surface area contributed by atoms with Gasteiger partial charge in [0, 0.05) is 24.7 Å². The van der Waals surface area contributed by atoms with Crippen molar-refractivity contribution in [3.8, 4) is 0 Å². The van der Waals surface area contributed by atoms with Crippen LogP contribution in [-0.2, 0) is 0 Å². The van der Waals surface area contributed by atoms with Crippen LogP contribution in [0.25, 0.3) is 0 Å². The van der Waals surface area contributed by atoms with E-state index in [1.807, 2.05) is 7.05 Å². The molecule has 2 rings (SSSR count). The fraction of sp³-hybridized carbons (Fsp3) is 0.462. The van der Waals surface area contributed by atoms with Crippen LogP contribution in [0.1, 0.15) is 23.2 Å². The smallest absolute Gasteiger partial charge is 0.253 e. The number of hydrogen-bond acceptors (Lipinski definition) is 2. The van der Waals surface area contributed by atoms with Crippen LogP contribution in [0.5, 0.6) is 0 Å². The third-order valence-corrected chi connectivity index (χ3v) is 3.26. The zero-order valence-electron chi connectivity index (χ0n) is 10.4. The number of nitrogens with zero attached hydrogens (tertiary/aromatic N) is 1. The highest BCUT2D eigenvalue weighted by Crippen LogP contribution is 2.14. The van der Waals surface area contributed by atoms with Gasteiger partial charge < -0.3 is 10.2 Å². The Morgan fingerprint density at radius 3 is 2.61 bits per heavy atom. The summed E-state index contributed by atoms with van der Waals surface area (Å²) in [6.07, 6.45) is 1.91. The summed E-state index contributed by atoms with van der Waals surface area (Å²) < 4.78 is 13.0. The van der Waals surface area contributed by atoms with Crippen LogP contribution >= 0.6 is 12.4 Å². The van der Waals surface area contributed by atoms with Gasteiger partial charge in [0.15, 0.2) is 0 Å². The largest absolute Gasteiger partial charge is 0.339 e. The molecular formula is C13H18ClFN2O. The van der Waals surface area contributed by atoms with Crippen LogP contribution in [0.15, 0.2) is 24.3 Å². The van der Waals surface area contributed by atoms with Gasteiger partial charge in [0.25, 0.3) is 5.91 Å². The number of rotatable bonds is 2. The number of carbonyl (C=O) groups excluding carboxylic acids is 1. The van der Waals surface area contributed by atoms with Gasteiger partial charge >= 0.3 is 0 Å². The third-order valence-electron chi connectivity index (χ3n) is 3.26. The maximum absolute atomic E-state index is 13.0. The quantitative estimate of drug-likeness (QED) is 0.894. The molecule has 1 aromatic carbocycles. The molecule has 3 nitrogen and oxygen atoms in total. The van der Waals surface area contributed by atoms with Gasteiger partial charge in [-0.25, -0.2) is 4.39 Å². The molecule has 1 saturated heterocycles. The zero-order valence-corrected chi connectivity index (χ0v) is 11.2. The lowest BCUT2D eigenvalue weighted by Gasteiger charge is -2.31. The molecule has 5 heteroatoms. The van der Waals surface area contributed by atoms with E-state index < -0.39 is 0 Å². The summed E-state index contributed by atoms with van der Waals surface area (Å²) in [7, 11) is 1.94. The number of likely N-dealkylation sites (tertiary alicyclic amines) is 1. The first kappa shape index (κ1) is 14.9. The number of amides is 1. The molecule has 0 atom stereocenters. The maximum atomic E-state index is 13.0. The van der Waals surface area contributed by atoms with E-state index in [0.717, 1.165) is 25.9 Å². The minimum atomic E-state index is -0.360. The number of piperidine rings is 1. The molecule has 0 bridgehead atoms. The van der Waals surface area contributed by atoms with E-state index in [4.69, 9.17) is 0 Å². The Morgan fingerprint density at radius 2 is 2.06 bits per heavy atom. The van der Waals surface area contributed by atoms with Crippen molar-refractivity contribution in [2.75, 3.05) is 20.1 Å². The number of hydrogen-bond donors (Lipinski definition) is 1. The zero-order chi connectivity index (χ0) is 12.3. The van der Waals surface area contributed by atoms with Crippen molar-refractivity contribution < 1.29 is 9.18 Å². The molecule has 1 N–H and O–H groups in total. The first-order chi connectivity index (χ1) is 8.20. The van der Waals surface area contributed by atoms with Gasteiger partial charge in [-0.05, 0) is 38.1 Å². The molecule has 100 valence electrons. The number of benzene rings is 1. The molecule has 1 amide bonds. The van der Waals surface area contributed by atoms with Gasteiger partial charge in [0.1, 0.15) is 5.82 Å². The van der Waals surface area contributed by atoms with Crippen molar-refractivity contribution in [3.63, 3.8) is 0 Å². The molecule has 1 aliphatic heterocycles. The summed E-state index contributed by atoms with van der Waals surface area (Å²) in [4.78, 5) is 13.9. The minimum absolute atomic E-state index is 0. The molecule has 0 aromatic heterocycles. The normalized spacial score (nSPS) is 16.2. The average Bonchev–Trinajstić information content (AvgIpc) is 2.38. The Labute approximate surface area is 113 Å². The van der Waals surface area contributed by atoms with Crippen LogP contribution in [0, 0.1) is 5.82 Å². The lowest BCUT2D eigenvalue weighted by atomic mass is 10.0. The van der Waals surface area contributed by atoms with Crippen LogP contribution < -0.4 is 5.32 Å². The Hall–Kier alpha value is -1.13. The highest BCUT2D eigenvalue weighted by Gasteiger charge is 2.22. The van der Waals surface area contributed by atoms with Gasteiger partial charge in [0.05, 0.1) is 0 Å². The average molecular weight is 273 g/mol. The van der Waals surface area contributed by atoms with Crippen LogP contribution in [0.3, 0.4) is 0 Å². The molecule has 0 aliphatic carbocycles. The summed E-state index contributed by atoms with van der Waals surface area (Å²) in [6.45, 7) is 1.47. The molecule has 1 fully saturated rings. The summed E-state index contributed by atoms with van der Waals surface area (Å²) in [5.41, 5.74) is 0.438. The van der Waals surface area contributed by atoms with E-state index >= 15 is 0 Å². The van der Waals surface area contributed by atoms with E-state index in [9.17, 15) is 9.18 Å². The first-order valence-electron chi connectivity index (χ1n) is 5.93. The molecule has 0 unspecified atom stereocenters. The molecule has 0 radical (unpaired) electrons. The van der Waals surface area contributed by atoms with Gasteiger partial charge in [-0.3, -0.25) is 4.79 Å². The molecule has 0 saturated carbocycles. The van der Waals surface area contributed by atoms with E-state index in [1.165, 1.54) is 12.1 Å². The third kappa shape index (κ3) is 3.43. The molecule has 1 aromatic rings. The lowest BCUT2D eigenvalue weighted by molar-refractivity contribution is 0.0707. The van der Waals surface area contributed by atoms with Crippen LogP contribution in [0.2, 0.25) is 0 Å². The highest BCUT2D eigenvalue weighted by atomic mass is 35.5. The standard InChI is InChI=1S/C13H17FN2O.ClH/c1-15-12-5-7-16(8-6-12)13(17)10-3-2-4-11(14)9-10;/h2-4,9,12,15H,5-8H2,1H3;1H. The van der Waals surface area contributed by atoms with Crippen LogP contribution in [0.4, 0.5) is 4.39 Å². The number of halogens is 2. The Balaban J connectivity index is 0.00000162. The summed E-state index contributed by atoms with van der Waals surface area (Å²) in [5.74, 6) is -0.431. The first-order valence-corrected chi connectivity index (χ1v) is 5.93. The molecule has 18 heavy (non-hydrogen) atoms. The van der Waals surface area contributed by atoms with E-state index in [0.29, 0.717) is 11.6 Å². The van der Waals surface area contributed by atoms with E-state index in [2.05, 4.69) is 5.32 Å². The highest BCUT2D eigenvalue weighted by molar-refractivity contribution is 5.94. The predicted molar refractivity (Wildman–Crippen MR) is 71.6 cm³/mol. The number of nitrogens with one attached hydrogen (secondary N) is 1. The fourth-order valence-electron chi connectivity index (χ4n) is 2.18. The summed E-state index contributed by atoms with van der Waals surface area (Å²) in [6, 6.07) is 6.38. The van der Waals surface area contributed by atoms with Crippen molar-refractivity contribution in [2.45, 2.75) is 18.9 Å². The molecular weight excluding hydrogens is 255 g/mol. The summed E-state index contributed by atoms with van der Waals surface area (Å²) in [5, 5.41) is 3.21. The van der Waals surface area contributed by atoms with Crippen molar-refractivity contribution in [1.29, 1.82) is 0 Å². The van der Waals surface area contributed by atoms with E-state index in [-0.39, 0.29) is 24.1 Å². The lowest BCUT2D eigenvalue weighted by Crippen LogP contribution is -2.43. The SMILES string of the molecule is CNC1CCN(C(=O)c2cccc(F)c2)CC1.Cl. The summed E-state index contributed by atoms with van der Waals surface area (Å²) >= 11 is 0. The Bertz CT molecular complexity index is 406. The van der Waals surface area contributed by atoms with Crippen molar-refractivity contribution in [3.05, 3.63) is 35.6 Å². The second-order valence-corrected chi connectivity index (χ2v) is 4.37. The Kier molecular flexibility index (Phi) is 5.56. The van der Waals surface area contributed by atoms with E-state index in [1.54, 1.807) is 17.0 Å². The predicted octanol–water partition coefficient (Wildman–Crippen LogP) is 2.07. The molecule has 1 aliphatic rings. The van der Waals surface area contributed by atoms with Crippen molar-refractivity contribution >= 4 is 18.3 Å². The van der Waals surface area contributed by atoms with Gasteiger partial charge in [-0.1, -0.05) is 6.07 Å². The topological polar surface area (TPSA) is 32.3 Å². The maximum Gasteiger partial charge on any atom is 0.253 e. The minimum Gasteiger partial charge on any atom is -0.339 e. The number of carbonyl (C=O) groups is 1. The van der Waals surface area contributed by atoms with Crippen LogP contribution in [-0.4, -0.2) is 37.0 Å². The molecule has 1 heterocycles. The Morgan fingerprint density at radius 1 is 1.39 bits per heavy atom. The van der Waals surface area contributed by atoms with Gasteiger partial charge in [-0.2, -0.15) is 0 Å². The van der Waals surface area contributed by atoms with Crippen molar-refractivity contribution in [1.82, 2.24) is 10.2 Å². The van der Waals surface area contributed by atoms with Crippen molar-refractivity contribution in [2.24, 2.45) is 0 Å². The second kappa shape index (κ2) is 6.71. The monoisotopic (exact) mass is 272 g/mol. The fourth-order valence-corrected chi connectivity index (χ4v) is 2.18. The van der Waals surface area contributed by atoms with Gasteiger partial charge in [0.2, 0.25) is 0 Å². The van der Waals surface area contributed by atoms with Gasteiger partial charge in [-0.15, -0.1) is 12.4 Å². The second-order valence-electron chi connectivity index (χ2n) is 4.37.